The largest absolute Gasteiger partial charge is 0.253 e. The molecule has 0 saturated carbocycles. The van der Waals surface area contributed by atoms with Crippen molar-refractivity contribution in [2.45, 2.75) is 13.8 Å². The molecular weight excluding hydrogens is 484 g/mol. The monoisotopic (exact) mass is 512 g/mol. The Morgan fingerprint density at radius 2 is 0.700 bits per heavy atom. The summed E-state index contributed by atoms with van der Waals surface area (Å²) >= 11 is 0. The first-order chi connectivity index (χ1) is 19.7. The molecule has 0 aliphatic carbocycles. The SMILES string of the molecule is Cc1cccc(-c2cccc(-c3c4ccccc4c(-c4cccc(-c5cccc(C)n5)c4)c4ccccc34)c2)n1. The normalized spacial score (nSPS) is 11.2. The lowest BCUT2D eigenvalue weighted by Crippen LogP contribution is -1.92. The minimum Gasteiger partial charge on any atom is -0.253 e. The molecule has 0 atom stereocenters. The standard InChI is InChI=1S/C38H28N2/c1-25-11-7-21-35(39-25)27-13-9-15-29(23-27)37-31-17-3-5-19-33(31)38(34-20-6-4-18-32(34)37)30-16-10-14-28(24-30)36-22-8-12-26(2)40-36/h3-24H,1-2H3. The zero-order valence-corrected chi connectivity index (χ0v) is 22.6. The Morgan fingerprint density at radius 3 is 1.07 bits per heavy atom. The van der Waals surface area contributed by atoms with Gasteiger partial charge in [0.2, 0.25) is 0 Å². The van der Waals surface area contributed by atoms with Gasteiger partial charge in [-0.2, -0.15) is 0 Å². The zero-order valence-electron chi connectivity index (χ0n) is 22.6. The molecule has 40 heavy (non-hydrogen) atoms. The summed E-state index contributed by atoms with van der Waals surface area (Å²) in [6, 6.07) is 47.6. The van der Waals surface area contributed by atoms with Crippen molar-refractivity contribution < 1.29 is 0 Å². The molecule has 0 fully saturated rings. The van der Waals surface area contributed by atoms with Crippen LogP contribution >= 0.6 is 0 Å². The first-order valence-corrected chi connectivity index (χ1v) is 13.7. The fraction of sp³-hybridized carbons (Fsp3) is 0.0526. The average molecular weight is 513 g/mol. The van der Waals surface area contributed by atoms with Crippen LogP contribution in [-0.4, -0.2) is 9.97 Å². The highest BCUT2D eigenvalue weighted by molar-refractivity contribution is 6.21. The molecule has 0 spiro atoms. The van der Waals surface area contributed by atoms with Gasteiger partial charge in [-0.1, -0.05) is 97.1 Å². The van der Waals surface area contributed by atoms with E-state index in [1.165, 1.54) is 43.8 Å². The summed E-state index contributed by atoms with van der Waals surface area (Å²) in [6.07, 6.45) is 0. The Balaban J connectivity index is 1.49. The number of aryl methyl sites for hydroxylation is 2. The van der Waals surface area contributed by atoms with Crippen LogP contribution in [0.5, 0.6) is 0 Å². The van der Waals surface area contributed by atoms with Gasteiger partial charge in [0.05, 0.1) is 11.4 Å². The number of pyridine rings is 2. The van der Waals surface area contributed by atoms with Gasteiger partial charge in [0.25, 0.3) is 0 Å². The van der Waals surface area contributed by atoms with Crippen LogP contribution in [0.25, 0.3) is 66.3 Å². The maximum absolute atomic E-state index is 4.79. The minimum absolute atomic E-state index is 0.994. The number of aromatic nitrogens is 2. The maximum Gasteiger partial charge on any atom is 0.0705 e. The summed E-state index contributed by atoms with van der Waals surface area (Å²) < 4.78 is 0. The fourth-order valence-electron chi connectivity index (χ4n) is 5.83. The van der Waals surface area contributed by atoms with E-state index in [-0.39, 0.29) is 0 Å². The third kappa shape index (κ3) is 4.24. The van der Waals surface area contributed by atoms with Gasteiger partial charge in [-0.25, -0.2) is 0 Å². The third-order valence-corrected chi connectivity index (χ3v) is 7.60. The molecule has 2 heteroatoms. The highest BCUT2D eigenvalue weighted by atomic mass is 14.7. The van der Waals surface area contributed by atoms with Gasteiger partial charge in [-0.3, -0.25) is 9.97 Å². The molecule has 190 valence electrons. The topological polar surface area (TPSA) is 25.8 Å². The summed E-state index contributed by atoms with van der Waals surface area (Å²) in [5.74, 6) is 0. The first-order valence-electron chi connectivity index (χ1n) is 13.7. The lowest BCUT2D eigenvalue weighted by molar-refractivity contribution is 1.20. The van der Waals surface area contributed by atoms with Crippen LogP contribution in [0.1, 0.15) is 11.4 Å². The van der Waals surface area contributed by atoms with Gasteiger partial charge in [0, 0.05) is 22.5 Å². The molecule has 0 aliphatic heterocycles. The Kier molecular flexibility index (Phi) is 5.94. The van der Waals surface area contributed by atoms with Crippen molar-refractivity contribution in [1.82, 2.24) is 9.97 Å². The lowest BCUT2D eigenvalue weighted by Gasteiger charge is -2.18. The fourth-order valence-corrected chi connectivity index (χ4v) is 5.83. The molecule has 0 amide bonds. The number of rotatable bonds is 4. The van der Waals surface area contributed by atoms with Crippen LogP contribution in [-0.2, 0) is 0 Å². The molecule has 0 radical (unpaired) electrons. The molecule has 5 aromatic carbocycles. The summed E-state index contributed by atoms with van der Waals surface area (Å²) in [7, 11) is 0. The second-order valence-corrected chi connectivity index (χ2v) is 10.3. The highest BCUT2D eigenvalue weighted by Gasteiger charge is 2.17. The summed E-state index contributed by atoms with van der Waals surface area (Å²) in [5, 5.41) is 4.96. The van der Waals surface area contributed by atoms with Crippen LogP contribution in [0.4, 0.5) is 0 Å². The quantitative estimate of drug-likeness (QED) is 0.219. The van der Waals surface area contributed by atoms with E-state index in [0.717, 1.165) is 33.9 Å². The van der Waals surface area contributed by atoms with Crippen LogP contribution in [0.3, 0.4) is 0 Å². The Hall–Kier alpha value is -5.08. The zero-order chi connectivity index (χ0) is 27.1. The van der Waals surface area contributed by atoms with Gasteiger partial charge in [0.15, 0.2) is 0 Å². The van der Waals surface area contributed by atoms with Crippen molar-refractivity contribution in [1.29, 1.82) is 0 Å². The molecule has 7 aromatic rings. The van der Waals surface area contributed by atoms with Crippen molar-refractivity contribution in [2.24, 2.45) is 0 Å². The van der Waals surface area contributed by atoms with Gasteiger partial charge < -0.3 is 0 Å². The summed E-state index contributed by atoms with van der Waals surface area (Å²) in [6.45, 7) is 4.08. The Morgan fingerprint density at radius 1 is 0.350 bits per heavy atom. The molecule has 0 saturated heterocycles. The molecule has 7 rings (SSSR count). The van der Waals surface area contributed by atoms with Gasteiger partial charge in [-0.05, 0) is 94.0 Å². The van der Waals surface area contributed by atoms with Crippen molar-refractivity contribution in [3.63, 3.8) is 0 Å². The van der Waals surface area contributed by atoms with Crippen LogP contribution in [0.15, 0.2) is 133 Å². The number of hydrogen-bond donors (Lipinski definition) is 0. The van der Waals surface area contributed by atoms with Crippen molar-refractivity contribution >= 4 is 21.5 Å². The predicted molar refractivity (Wildman–Crippen MR) is 168 cm³/mol. The van der Waals surface area contributed by atoms with Crippen molar-refractivity contribution in [3.8, 4) is 44.8 Å². The van der Waals surface area contributed by atoms with Crippen LogP contribution in [0, 0.1) is 13.8 Å². The molecule has 2 heterocycles. The van der Waals surface area contributed by atoms with Crippen LogP contribution < -0.4 is 0 Å². The number of hydrogen-bond acceptors (Lipinski definition) is 2. The molecule has 0 aliphatic rings. The van der Waals surface area contributed by atoms with Crippen molar-refractivity contribution in [3.05, 3.63) is 145 Å². The first kappa shape index (κ1) is 24.0. The lowest BCUT2D eigenvalue weighted by atomic mass is 9.85. The molecule has 0 unspecified atom stereocenters. The molecule has 2 nitrogen and oxygen atoms in total. The van der Waals surface area contributed by atoms with Gasteiger partial charge in [-0.15, -0.1) is 0 Å². The summed E-state index contributed by atoms with van der Waals surface area (Å²) in [5.41, 5.74) is 11.2. The van der Waals surface area contributed by atoms with E-state index in [9.17, 15) is 0 Å². The average Bonchev–Trinajstić information content (AvgIpc) is 3.00. The van der Waals surface area contributed by atoms with E-state index in [2.05, 4.69) is 121 Å². The minimum atomic E-state index is 0.994. The van der Waals surface area contributed by atoms with Crippen LogP contribution in [0.2, 0.25) is 0 Å². The number of fused-ring (bicyclic) bond motifs is 2. The molecular formula is C38H28N2. The third-order valence-electron chi connectivity index (χ3n) is 7.60. The van der Waals surface area contributed by atoms with E-state index in [1.54, 1.807) is 0 Å². The highest BCUT2D eigenvalue weighted by Crippen LogP contribution is 2.44. The summed E-state index contributed by atoms with van der Waals surface area (Å²) in [4.78, 5) is 9.58. The second-order valence-electron chi connectivity index (χ2n) is 10.3. The van der Waals surface area contributed by atoms with E-state index in [0.29, 0.717) is 0 Å². The number of nitrogens with zero attached hydrogens (tertiary/aromatic N) is 2. The van der Waals surface area contributed by atoms with E-state index in [1.807, 2.05) is 26.0 Å². The molecule has 2 aromatic heterocycles. The Labute approximate surface area is 234 Å². The predicted octanol–water partition coefficient (Wildman–Crippen LogP) is 10.1. The van der Waals surface area contributed by atoms with Crippen molar-refractivity contribution in [2.75, 3.05) is 0 Å². The van der Waals surface area contributed by atoms with E-state index >= 15 is 0 Å². The smallest absolute Gasteiger partial charge is 0.0705 e. The maximum atomic E-state index is 4.79. The van der Waals surface area contributed by atoms with Gasteiger partial charge >= 0.3 is 0 Å². The number of benzene rings is 5. The van der Waals surface area contributed by atoms with Gasteiger partial charge in [0.1, 0.15) is 0 Å². The second kappa shape index (κ2) is 9.91. The van der Waals surface area contributed by atoms with E-state index in [4.69, 9.17) is 9.97 Å². The molecule has 0 bridgehead atoms. The Bertz CT molecular complexity index is 1830. The van der Waals surface area contributed by atoms with E-state index < -0.39 is 0 Å². The molecule has 0 N–H and O–H groups in total.